The first kappa shape index (κ1) is 14.1. The van der Waals surface area contributed by atoms with E-state index in [1.165, 1.54) is 11.0 Å². The molecule has 7 heteroatoms. The summed E-state index contributed by atoms with van der Waals surface area (Å²) in [5.74, 6) is -1.22. The van der Waals surface area contributed by atoms with Gasteiger partial charge in [0.15, 0.2) is 0 Å². The van der Waals surface area contributed by atoms with Crippen LogP contribution < -0.4 is 5.32 Å². The first-order valence-electron chi connectivity index (χ1n) is 5.64. The van der Waals surface area contributed by atoms with E-state index in [0.717, 1.165) is 0 Å². The molecule has 100 valence electrons. The summed E-state index contributed by atoms with van der Waals surface area (Å²) < 4.78 is 1.41. The van der Waals surface area contributed by atoms with E-state index in [0.29, 0.717) is 5.95 Å². The highest BCUT2D eigenvalue weighted by atomic mass is 16.4. The Kier molecular flexibility index (Phi) is 4.05. The van der Waals surface area contributed by atoms with Crippen LogP contribution in [0.5, 0.6) is 0 Å². The molecule has 0 saturated heterocycles. The summed E-state index contributed by atoms with van der Waals surface area (Å²) in [4.78, 5) is 26.9. The van der Waals surface area contributed by atoms with E-state index in [1.807, 2.05) is 0 Å². The molecule has 0 aromatic carbocycles. The van der Waals surface area contributed by atoms with E-state index in [1.54, 1.807) is 27.8 Å². The molecule has 0 spiro atoms. The second kappa shape index (κ2) is 5.16. The Morgan fingerprint density at radius 2 is 2.17 bits per heavy atom. The molecule has 0 saturated carbocycles. The number of aryl methyl sites for hydroxylation is 1. The van der Waals surface area contributed by atoms with Gasteiger partial charge in [0, 0.05) is 13.5 Å². The van der Waals surface area contributed by atoms with Crippen molar-refractivity contribution >= 4 is 17.8 Å². The van der Waals surface area contributed by atoms with E-state index < -0.39 is 11.4 Å². The number of nitrogens with one attached hydrogen (secondary N) is 1. The average molecular weight is 254 g/mol. The number of carbonyl (C=O) groups is 2. The van der Waals surface area contributed by atoms with Crippen molar-refractivity contribution in [3.8, 4) is 0 Å². The standard InChI is InChI=1S/C11H18N4O3/c1-7(2)11(3,9(17)18)5-8(16)14-10-12-6-13-15(10)4/h6-7H,5H2,1-4H3,(H,17,18)(H,12,13,14,16). The Morgan fingerprint density at radius 3 is 2.56 bits per heavy atom. The van der Waals surface area contributed by atoms with E-state index in [2.05, 4.69) is 15.4 Å². The van der Waals surface area contributed by atoms with E-state index >= 15 is 0 Å². The number of hydrogen-bond donors (Lipinski definition) is 2. The van der Waals surface area contributed by atoms with Gasteiger partial charge in [0.25, 0.3) is 0 Å². The summed E-state index contributed by atoms with van der Waals surface area (Å²) in [5, 5.41) is 15.6. The van der Waals surface area contributed by atoms with Crippen LogP contribution in [-0.4, -0.2) is 31.7 Å². The maximum Gasteiger partial charge on any atom is 0.310 e. The smallest absolute Gasteiger partial charge is 0.310 e. The molecule has 0 bridgehead atoms. The molecule has 1 unspecified atom stereocenters. The Morgan fingerprint density at radius 1 is 1.56 bits per heavy atom. The summed E-state index contributed by atoms with van der Waals surface area (Å²) in [5.41, 5.74) is -1.09. The Hall–Kier alpha value is -1.92. The summed E-state index contributed by atoms with van der Waals surface area (Å²) in [6, 6.07) is 0. The second-order valence-corrected chi connectivity index (χ2v) is 4.81. The van der Waals surface area contributed by atoms with Crippen molar-refractivity contribution in [3.63, 3.8) is 0 Å². The fraction of sp³-hybridized carbons (Fsp3) is 0.636. The number of amides is 1. The fourth-order valence-corrected chi connectivity index (χ4v) is 1.44. The fourth-order valence-electron chi connectivity index (χ4n) is 1.44. The zero-order chi connectivity index (χ0) is 13.9. The lowest BCUT2D eigenvalue weighted by Crippen LogP contribution is -2.37. The van der Waals surface area contributed by atoms with E-state index in [9.17, 15) is 14.7 Å². The minimum Gasteiger partial charge on any atom is -0.481 e. The maximum atomic E-state index is 11.8. The number of carbonyl (C=O) groups excluding carboxylic acids is 1. The minimum atomic E-state index is -1.09. The van der Waals surface area contributed by atoms with Gasteiger partial charge in [0.1, 0.15) is 6.33 Å². The van der Waals surface area contributed by atoms with Gasteiger partial charge in [-0.05, 0) is 12.8 Å². The Bertz CT molecular complexity index is 455. The molecule has 0 aliphatic carbocycles. The van der Waals surface area contributed by atoms with Crippen molar-refractivity contribution in [1.82, 2.24) is 14.8 Å². The van der Waals surface area contributed by atoms with Crippen LogP contribution >= 0.6 is 0 Å². The molecular formula is C11H18N4O3. The first-order chi connectivity index (χ1) is 8.27. The number of rotatable bonds is 5. The van der Waals surface area contributed by atoms with Crippen molar-refractivity contribution in [1.29, 1.82) is 0 Å². The number of carboxylic acid groups (broad SMARTS) is 1. The van der Waals surface area contributed by atoms with Gasteiger partial charge in [-0.3, -0.25) is 14.9 Å². The van der Waals surface area contributed by atoms with Gasteiger partial charge in [0.2, 0.25) is 11.9 Å². The van der Waals surface area contributed by atoms with Crippen LogP contribution in [0.25, 0.3) is 0 Å². The first-order valence-corrected chi connectivity index (χ1v) is 5.64. The van der Waals surface area contributed by atoms with Gasteiger partial charge in [-0.25, -0.2) is 4.68 Å². The highest BCUT2D eigenvalue weighted by Crippen LogP contribution is 2.31. The van der Waals surface area contributed by atoms with Gasteiger partial charge >= 0.3 is 5.97 Å². The molecule has 0 radical (unpaired) electrons. The Balaban J connectivity index is 2.75. The van der Waals surface area contributed by atoms with Crippen LogP contribution in [0, 0.1) is 11.3 Å². The number of aromatic nitrogens is 3. The molecule has 1 atom stereocenters. The average Bonchev–Trinajstić information content (AvgIpc) is 2.63. The molecule has 1 rings (SSSR count). The zero-order valence-electron chi connectivity index (χ0n) is 11.0. The number of aliphatic carboxylic acids is 1. The largest absolute Gasteiger partial charge is 0.481 e. The van der Waals surface area contributed by atoms with Crippen molar-refractivity contribution in [2.75, 3.05) is 5.32 Å². The van der Waals surface area contributed by atoms with Crippen molar-refractivity contribution in [2.24, 2.45) is 18.4 Å². The molecule has 1 amide bonds. The molecule has 7 nitrogen and oxygen atoms in total. The summed E-state index contributed by atoms with van der Waals surface area (Å²) in [6.45, 7) is 5.13. The third kappa shape index (κ3) is 2.85. The van der Waals surface area contributed by atoms with Gasteiger partial charge in [-0.2, -0.15) is 10.1 Å². The van der Waals surface area contributed by atoms with Crippen LogP contribution in [0.15, 0.2) is 6.33 Å². The summed E-state index contributed by atoms with van der Waals surface area (Å²) in [6.07, 6.45) is 1.21. The van der Waals surface area contributed by atoms with Gasteiger partial charge in [-0.1, -0.05) is 13.8 Å². The topological polar surface area (TPSA) is 97.1 Å². The highest BCUT2D eigenvalue weighted by Gasteiger charge is 2.38. The monoisotopic (exact) mass is 254 g/mol. The normalized spacial score (nSPS) is 14.3. The summed E-state index contributed by atoms with van der Waals surface area (Å²) >= 11 is 0. The Labute approximate surface area is 105 Å². The molecule has 1 aromatic rings. The molecule has 1 heterocycles. The maximum absolute atomic E-state index is 11.8. The highest BCUT2D eigenvalue weighted by molar-refractivity contribution is 5.93. The van der Waals surface area contributed by atoms with Crippen LogP contribution in [0.1, 0.15) is 27.2 Å². The van der Waals surface area contributed by atoms with Crippen LogP contribution in [-0.2, 0) is 16.6 Å². The number of anilines is 1. The van der Waals surface area contributed by atoms with Crippen molar-refractivity contribution in [3.05, 3.63) is 6.33 Å². The quantitative estimate of drug-likeness (QED) is 0.813. The third-order valence-corrected chi connectivity index (χ3v) is 3.25. The lowest BCUT2D eigenvalue weighted by molar-refractivity contribution is -0.153. The molecule has 1 aromatic heterocycles. The zero-order valence-corrected chi connectivity index (χ0v) is 11.0. The van der Waals surface area contributed by atoms with Gasteiger partial charge in [0.05, 0.1) is 5.41 Å². The number of carboxylic acids is 1. The van der Waals surface area contributed by atoms with E-state index in [-0.39, 0.29) is 18.2 Å². The molecular weight excluding hydrogens is 236 g/mol. The van der Waals surface area contributed by atoms with Crippen molar-refractivity contribution < 1.29 is 14.7 Å². The molecule has 2 N–H and O–H groups in total. The third-order valence-electron chi connectivity index (χ3n) is 3.25. The second-order valence-electron chi connectivity index (χ2n) is 4.81. The van der Waals surface area contributed by atoms with Crippen LogP contribution in [0.4, 0.5) is 5.95 Å². The van der Waals surface area contributed by atoms with Gasteiger partial charge < -0.3 is 5.11 Å². The van der Waals surface area contributed by atoms with Crippen LogP contribution in [0.3, 0.4) is 0 Å². The SMILES string of the molecule is CC(C)C(C)(CC(=O)Nc1ncnn1C)C(=O)O. The number of hydrogen-bond acceptors (Lipinski definition) is 4. The van der Waals surface area contributed by atoms with Crippen molar-refractivity contribution in [2.45, 2.75) is 27.2 Å². The van der Waals surface area contributed by atoms with Crippen LogP contribution in [0.2, 0.25) is 0 Å². The minimum absolute atomic E-state index is 0.104. The molecule has 0 aliphatic rings. The molecule has 0 fully saturated rings. The van der Waals surface area contributed by atoms with E-state index in [4.69, 9.17) is 0 Å². The molecule has 18 heavy (non-hydrogen) atoms. The predicted molar refractivity (Wildman–Crippen MR) is 64.8 cm³/mol. The lowest BCUT2D eigenvalue weighted by atomic mass is 9.76. The van der Waals surface area contributed by atoms with Gasteiger partial charge in [-0.15, -0.1) is 0 Å². The lowest BCUT2D eigenvalue weighted by Gasteiger charge is -2.28. The predicted octanol–water partition coefficient (Wildman–Crippen LogP) is 0.891. The molecule has 0 aliphatic heterocycles. The summed E-state index contributed by atoms with van der Waals surface area (Å²) in [7, 11) is 1.64. The number of nitrogens with zero attached hydrogens (tertiary/aromatic N) is 3.